The van der Waals surface area contributed by atoms with Gasteiger partial charge in [-0.1, -0.05) is 44.2 Å². The zero-order chi connectivity index (χ0) is 22.2. The lowest BCUT2D eigenvalue weighted by Gasteiger charge is -2.60. The Labute approximate surface area is 185 Å². The van der Waals surface area contributed by atoms with Gasteiger partial charge in [0.15, 0.2) is 0 Å². The normalized spacial score (nSPS) is 30.3. The maximum absolute atomic E-state index is 12.7. The zero-order valence-corrected chi connectivity index (χ0v) is 19.1. The minimum atomic E-state index is -0.335. The Balaban J connectivity index is 1.31. The summed E-state index contributed by atoms with van der Waals surface area (Å²) in [6.07, 6.45) is 3.65. The average molecular weight is 427 g/mol. The predicted molar refractivity (Wildman–Crippen MR) is 118 cm³/mol. The van der Waals surface area contributed by atoms with Crippen molar-refractivity contribution in [3.63, 3.8) is 0 Å². The topological polar surface area (TPSA) is 68.4 Å². The summed E-state index contributed by atoms with van der Waals surface area (Å²) in [5.74, 6) is 1.35. The first-order valence-electron chi connectivity index (χ1n) is 11.5. The molecule has 2 bridgehead atoms. The Morgan fingerprint density at radius 1 is 1.16 bits per heavy atom. The highest BCUT2D eigenvalue weighted by Gasteiger charge is 2.54. The standard InChI is InChI=1S/C24H34BNO5/c1-24(2)18-11-10-17(19(24)12-18)13-26(14-20(27)29-4)15-21(28)31-25(3)23-22(30-23)16-8-6-5-7-9-16/h5-9,17-19,22-23H,10-15H2,1-4H3/t17-,18-,19?,22?,23?/m1/s1. The molecule has 7 heteroatoms. The van der Waals surface area contributed by atoms with Crippen molar-refractivity contribution in [2.75, 3.05) is 26.7 Å². The molecular weight excluding hydrogens is 393 g/mol. The summed E-state index contributed by atoms with van der Waals surface area (Å²) in [6.45, 7) is 7.18. The van der Waals surface area contributed by atoms with Crippen molar-refractivity contribution in [3.05, 3.63) is 35.9 Å². The van der Waals surface area contributed by atoms with E-state index in [2.05, 4.69) is 13.8 Å². The van der Waals surface area contributed by atoms with Crippen LogP contribution in [0.2, 0.25) is 6.82 Å². The highest BCUT2D eigenvalue weighted by Crippen LogP contribution is 2.61. The number of carbonyl (C=O) groups excluding carboxylic acids is 2. The Hall–Kier alpha value is -1.86. The maximum Gasteiger partial charge on any atom is 0.390 e. The average Bonchev–Trinajstić information content (AvgIpc) is 3.55. The van der Waals surface area contributed by atoms with Crippen molar-refractivity contribution in [2.45, 2.75) is 52.0 Å². The molecule has 168 valence electrons. The van der Waals surface area contributed by atoms with Crippen LogP contribution in [0.5, 0.6) is 0 Å². The highest BCUT2D eigenvalue weighted by atomic mass is 16.6. The van der Waals surface area contributed by atoms with E-state index in [1.165, 1.54) is 20.0 Å². The molecule has 1 aliphatic heterocycles. The number of nitrogens with zero attached hydrogens (tertiary/aromatic N) is 1. The quantitative estimate of drug-likeness (QED) is 0.342. The number of hydrogen-bond donors (Lipinski definition) is 0. The van der Waals surface area contributed by atoms with Crippen molar-refractivity contribution in [1.29, 1.82) is 0 Å². The van der Waals surface area contributed by atoms with Crippen molar-refractivity contribution >= 4 is 18.9 Å². The Morgan fingerprint density at radius 2 is 1.87 bits per heavy atom. The molecule has 31 heavy (non-hydrogen) atoms. The number of epoxide rings is 1. The number of methoxy groups -OCH3 is 1. The maximum atomic E-state index is 12.7. The van der Waals surface area contributed by atoms with Crippen LogP contribution in [0, 0.1) is 23.2 Å². The molecule has 3 unspecified atom stereocenters. The zero-order valence-electron chi connectivity index (χ0n) is 19.1. The minimum absolute atomic E-state index is 0.0220. The summed E-state index contributed by atoms with van der Waals surface area (Å²) < 4.78 is 16.3. The third-order valence-electron chi connectivity index (χ3n) is 7.86. The number of fused-ring (bicyclic) bond motifs is 2. The molecule has 3 saturated carbocycles. The van der Waals surface area contributed by atoms with Crippen LogP contribution in [0.1, 0.15) is 44.8 Å². The Bertz CT molecular complexity index is 798. The fraction of sp³-hybridized carbons (Fsp3) is 0.667. The molecule has 4 fully saturated rings. The molecule has 5 rings (SSSR count). The van der Waals surface area contributed by atoms with Crippen LogP contribution in [0.25, 0.3) is 0 Å². The van der Waals surface area contributed by atoms with E-state index in [0.717, 1.165) is 24.4 Å². The largest absolute Gasteiger partial charge is 0.533 e. The number of ether oxygens (including phenoxy) is 2. The molecule has 0 aromatic heterocycles. The fourth-order valence-electron chi connectivity index (χ4n) is 5.83. The van der Waals surface area contributed by atoms with Crippen molar-refractivity contribution in [2.24, 2.45) is 23.2 Å². The van der Waals surface area contributed by atoms with E-state index in [1.54, 1.807) is 0 Å². The third-order valence-corrected chi connectivity index (χ3v) is 7.86. The summed E-state index contributed by atoms with van der Waals surface area (Å²) in [5.41, 5.74) is 1.46. The van der Waals surface area contributed by atoms with E-state index in [0.29, 0.717) is 17.3 Å². The van der Waals surface area contributed by atoms with Crippen LogP contribution in [-0.2, 0) is 23.7 Å². The lowest BCUT2D eigenvalue weighted by Crippen LogP contribution is -2.55. The molecule has 0 N–H and O–H groups in total. The van der Waals surface area contributed by atoms with Gasteiger partial charge in [0.1, 0.15) is 12.1 Å². The molecule has 0 amide bonds. The van der Waals surface area contributed by atoms with E-state index in [-0.39, 0.29) is 44.1 Å². The van der Waals surface area contributed by atoms with Crippen LogP contribution in [0.4, 0.5) is 0 Å². The van der Waals surface area contributed by atoms with Gasteiger partial charge in [-0.25, -0.2) is 0 Å². The first kappa shape index (κ1) is 22.3. The van der Waals surface area contributed by atoms with Crippen molar-refractivity contribution in [1.82, 2.24) is 4.90 Å². The smallest absolute Gasteiger partial charge is 0.390 e. The number of esters is 1. The van der Waals surface area contributed by atoms with E-state index >= 15 is 0 Å². The van der Waals surface area contributed by atoms with E-state index in [9.17, 15) is 9.59 Å². The van der Waals surface area contributed by atoms with E-state index in [1.807, 2.05) is 42.1 Å². The first-order valence-corrected chi connectivity index (χ1v) is 11.5. The third kappa shape index (κ3) is 4.83. The van der Waals surface area contributed by atoms with E-state index in [4.69, 9.17) is 14.1 Å². The second kappa shape index (κ2) is 8.95. The Morgan fingerprint density at radius 3 is 2.52 bits per heavy atom. The summed E-state index contributed by atoms with van der Waals surface area (Å²) in [4.78, 5) is 26.6. The van der Waals surface area contributed by atoms with Gasteiger partial charge in [0.05, 0.1) is 20.2 Å². The molecule has 0 radical (unpaired) electrons. The minimum Gasteiger partial charge on any atom is -0.533 e. The number of hydrogen-bond acceptors (Lipinski definition) is 6. The van der Waals surface area contributed by atoms with E-state index < -0.39 is 0 Å². The molecule has 1 aromatic rings. The van der Waals surface area contributed by atoms with Gasteiger partial charge >= 0.3 is 18.9 Å². The lowest BCUT2D eigenvalue weighted by atomic mass is 9.45. The molecule has 3 aliphatic carbocycles. The molecule has 1 saturated heterocycles. The van der Waals surface area contributed by atoms with Gasteiger partial charge in [0.25, 0.3) is 0 Å². The molecular formula is C24H34BNO5. The SMILES string of the molecule is COC(=O)CN(CC(=O)OB(C)C1OC1c1ccccc1)C[C@H]1CC[C@@H]2CC1C2(C)C. The van der Waals surface area contributed by atoms with Gasteiger partial charge in [0, 0.05) is 6.54 Å². The van der Waals surface area contributed by atoms with Gasteiger partial charge in [-0.05, 0) is 54.8 Å². The predicted octanol–water partition coefficient (Wildman–Crippen LogP) is 3.38. The Kier molecular flexibility index (Phi) is 6.45. The van der Waals surface area contributed by atoms with Gasteiger partial charge in [0.2, 0.25) is 0 Å². The molecule has 1 aromatic carbocycles. The lowest BCUT2D eigenvalue weighted by molar-refractivity contribution is -0.146. The van der Waals surface area contributed by atoms with Gasteiger partial charge in [-0.3, -0.25) is 14.5 Å². The summed E-state index contributed by atoms with van der Waals surface area (Å²) in [6, 6.07) is 9.85. The summed E-state index contributed by atoms with van der Waals surface area (Å²) in [5, 5.41) is 0. The summed E-state index contributed by atoms with van der Waals surface area (Å²) >= 11 is 0. The highest BCUT2D eigenvalue weighted by molar-refractivity contribution is 6.54. The second-order valence-corrected chi connectivity index (χ2v) is 10.1. The molecule has 4 aliphatic rings. The van der Waals surface area contributed by atoms with Crippen molar-refractivity contribution in [3.8, 4) is 0 Å². The summed E-state index contributed by atoms with van der Waals surface area (Å²) in [7, 11) is 1.38. The van der Waals surface area contributed by atoms with Crippen LogP contribution < -0.4 is 0 Å². The van der Waals surface area contributed by atoms with Crippen molar-refractivity contribution < 1.29 is 23.7 Å². The first-order chi connectivity index (χ1) is 14.8. The number of benzene rings is 1. The fourth-order valence-corrected chi connectivity index (χ4v) is 5.83. The van der Waals surface area contributed by atoms with Crippen LogP contribution in [-0.4, -0.2) is 56.5 Å². The second-order valence-electron chi connectivity index (χ2n) is 10.1. The number of rotatable bonds is 9. The van der Waals surface area contributed by atoms with Gasteiger partial charge in [-0.15, -0.1) is 0 Å². The molecule has 1 heterocycles. The molecule has 0 spiro atoms. The van der Waals surface area contributed by atoms with Crippen LogP contribution in [0.15, 0.2) is 30.3 Å². The monoisotopic (exact) mass is 427 g/mol. The van der Waals surface area contributed by atoms with Crippen LogP contribution >= 0.6 is 0 Å². The van der Waals surface area contributed by atoms with Gasteiger partial charge in [-0.2, -0.15) is 0 Å². The molecule has 6 nitrogen and oxygen atoms in total. The van der Waals surface area contributed by atoms with Crippen LogP contribution in [0.3, 0.4) is 0 Å². The number of carbonyl (C=O) groups is 2. The van der Waals surface area contributed by atoms with Gasteiger partial charge < -0.3 is 14.1 Å². The molecule has 5 atom stereocenters.